The van der Waals surface area contributed by atoms with Crippen LogP contribution in [0.3, 0.4) is 0 Å². The highest BCUT2D eigenvalue weighted by Crippen LogP contribution is 2.30. The molecule has 0 N–H and O–H groups in total. The van der Waals surface area contributed by atoms with Gasteiger partial charge in [-0.05, 0) is 12.1 Å². The Morgan fingerprint density at radius 1 is 1.35 bits per heavy atom. The summed E-state index contributed by atoms with van der Waals surface area (Å²) in [6, 6.07) is 3.70. The Labute approximate surface area is 96.1 Å². The van der Waals surface area contributed by atoms with Crippen molar-refractivity contribution in [3.8, 4) is 11.5 Å². The highest BCUT2D eigenvalue weighted by atomic mass is 19.4. The van der Waals surface area contributed by atoms with Crippen LogP contribution < -0.4 is 9.47 Å². The van der Waals surface area contributed by atoms with Gasteiger partial charge in [0.25, 0.3) is 0 Å². The first-order chi connectivity index (χ1) is 7.87. The molecular formula is C11H11F3O3. The summed E-state index contributed by atoms with van der Waals surface area (Å²) in [5.41, 5.74) is -0.106. The molecule has 0 aliphatic heterocycles. The highest BCUT2D eigenvalue weighted by molar-refractivity contribution is 5.98. The van der Waals surface area contributed by atoms with Crippen molar-refractivity contribution >= 4 is 5.78 Å². The van der Waals surface area contributed by atoms with Crippen molar-refractivity contribution in [2.45, 2.75) is 19.7 Å². The zero-order valence-electron chi connectivity index (χ0n) is 9.30. The Balaban J connectivity index is 3.16. The monoisotopic (exact) mass is 248 g/mol. The molecule has 94 valence electrons. The SMILES string of the molecule is CCC(=O)c1ccc(OC)cc1OC(F)(F)F. The highest BCUT2D eigenvalue weighted by Gasteiger charge is 2.33. The number of ketones is 1. The standard InChI is InChI=1S/C11H11F3O3/c1-3-9(15)8-5-4-7(16-2)6-10(8)17-11(12,13)14/h4-6H,3H2,1-2H3. The van der Waals surface area contributed by atoms with E-state index in [2.05, 4.69) is 4.74 Å². The molecule has 0 saturated heterocycles. The molecule has 0 spiro atoms. The van der Waals surface area contributed by atoms with Crippen molar-refractivity contribution in [2.24, 2.45) is 0 Å². The van der Waals surface area contributed by atoms with Crippen LogP contribution in [0.2, 0.25) is 0 Å². The average molecular weight is 248 g/mol. The van der Waals surface area contributed by atoms with Crippen LogP contribution in [0, 0.1) is 0 Å². The van der Waals surface area contributed by atoms with Gasteiger partial charge in [0.1, 0.15) is 11.5 Å². The topological polar surface area (TPSA) is 35.5 Å². The predicted molar refractivity (Wildman–Crippen MR) is 54.3 cm³/mol. The van der Waals surface area contributed by atoms with E-state index in [1.807, 2.05) is 0 Å². The summed E-state index contributed by atoms with van der Waals surface area (Å²) in [7, 11) is 1.31. The maximum absolute atomic E-state index is 12.2. The van der Waals surface area contributed by atoms with Crippen LogP contribution in [0.5, 0.6) is 11.5 Å². The molecule has 1 rings (SSSR count). The van der Waals surface area contributed by atoms with Crippen LogP contribution in [0.4, 0.5) is 13.2 Å². The first kappa shape index (κ1) is 13.3. The van der Waals surface area contributed by atoms with Crippen LogP contribution in [0.15, 0.2) is 18.2 Å². The molecule has 0 aliphatic carbocycles. The predicted octanol–water partition coefficient (Wildman–Crippen LogP) is 3.19. The van der Waals surface area contributed by atoms with Gasteiger partial charge < -0.3 is 9.47 Å². The fraction of sp³-hybridized carbons (Fsp3) is 0.364. The van der Waals surface area contributed by atoms with Gasteiger partial charge in [-0.15, -0.1) is 13.2 Å². The number of hydrogen-bond donors (Lipinski definition) is 0. The second-order valence-corrected chi connectivity index (χ2v) is 3.19. The van der Waals surface area contributed by atoms with Crippen molar-refractivity contribution in [1.82, 2.24) is 0 Å². The molecule has 1 aromatic rings. The van der Waals surface area contributed by atoms with Crippen molar-refractivity contribution in [1.29, 1.82) is 0 Å². The Bertz CT molecular complexity index is 413. The van der Waals surface area contributed by atoms with Gasteiger partial charge >= 0.3 is 6.36 Å². The van der Waals surface area contributed by atoms with Gasteiger partial charge in [0.05, 0.1) is 12.7 Å². The van der Waals surface area contributed by atoms with E-state index in [9.17, 15) is 18.0 Å². The number of methoxy groups -OCH3 is 1. The normalized spacial score (nSPS) is 11.1. The number of ether oxygens (including phenoxy) is 2. The summed E-state index contributed by atoms with van der Waals surface area (Å²) >= 11 is 0. The van der Waals surface area contributed by atoms with Crippen LogP contribution >= 0.6 is 0 Å². The van der Waals surface area contributed by atoms with Gasteiger partial charge in [-0.25, -0.2) is 0 Å². The molecule has 0 heterocycles. The average Bonchev–Trinajstić information content (AvgIpc) is 2.25. The summed E-state index contributed by atoms with van der Waals surface area (Å²) in [6.07, 6.45) is -4.74. The van der Waals surface area contributed by atoms with Crippen LogP contribution in [0.25, 0.3) is 0 Å². The minimum absolute atomic E-state index is 0.0978. The van der Waals surface area contributed by atoms with E-state index >= 15 is 0 Å². The minimum atomic E-state index is -4.84. The first-order valence-electron chi connectivity index (χ1n) is 4.84. The van der Waals surface area contributed by atoms with Crippen molar-refractivity contribution < 1.29 is 27.4 Å². The molecule has 0 aliphatic rings. The van der Waals surface area contributed by atoms with E-state index in [0.29, 0.717) is 0 Å². The van der Waals surface area contributed by atoms with Gasteiger partial charge in [0.2, 0.25) is 0 Å². The number of alkyl halides is 3. The van der Waals surface area contributed by atoms with Gasteiger partial charge in [-0.2, -0.15) is 0 Å². The smallest absolute Gasteiger partial charge is 0.497 e. The Hall–Kier alpha value is -1.72. The van der Waals surface area contributed by atoms with E-state index in [-0.39, 0.29) is 17.7 Å². The summed E-state index contributed by atoms with van der Waals surface area (Å²) in [4.78, 5) is 11.4. The lowest BCUT2D eigenvalue weighted by molar-refractivity contribution is -0.274. The number of carbonyl (C=O) groups is 1. The lowest BCUT2D eigenvalue weighted by Crippen LogP contribution is -2.19. The molecule has 17 heavy (non-hydrogen) atoms. The van der Waals surface area contributed by atoms with Gasteiger partial charge in [0, 0.05) is 12.5 Å². The Kier molecular flexibility index (Phi) is 3.98. The van der Waals surface area contributed by atoms with E-state index in [4.69, 9.17) is 4.74 Å². The molecule has 0 fully saturated rings. The van der Waals surface area contributed by atoms with Crippen LogP contribution in [-0.2, 0) is 0 Å². The number of carbonyl (C=O) groups excluding carboxylic acids is 1. The molecule has 0 bridgehead atoms. The summed E-state index contributed by atoms with van der Waals surface area (Å²) in [5.74, 6) is -0.771. The van der Waals surface area contributed by atoms with E-state index in [0.717, 1.165) is 6.07 Å². The second-order valence-electron chi connectivity index (χ2n) is 3.19. The molecule has 0 atom stereocenters. The molecule has 0 saturated carbocycles. The van der Waals surface area contributed by atoms with Crippen molar-refractivity contribution in [3.63, 3.8) is 0 Å². The summed E-state index contributed by atoms with van der Waals surface area (Å²) in [5, 5.41) is 0. The third kappa shape index (κ3) is 3.65. The van der Waals surface area contributed by atoms with Crippen LogP contribution in [0.1, 0.15) is 23.7 Å². The Morgan fingerprint density at radius 3 is 2.47 bits per heavy atom. The molecule has 6 heteroatoms. The number of hydrogen-bond acceptors (Lipinski definition) is 3. The van der Waals surface area contributed by atoms with Gasteiger partial charge in [0.15, 0.2) is 5.78 Å². The molecule has 0 amide bonds. The van der Waals surface area contributed by atoms with Crippen molar-refractivity contribution in [2.75, 3.05) is 7.11 Å². The fourth-order valence-corrected chi connectivity index (χ4v) is 1.26. The van der Waals surface area contributed by atoms with E-state index in [1.165, 1.54) is 19.2 Å². The maximum Gasteiger partial charge on any atom is 0.573 e. The molecule has 0 radical (unpaired) electrons. The summed E-state index contributed by atoms with van der Waals surface area (Å²) < 4.78 is 45.0. The quantitative estimate of drug-likeness (QED) is 0.767. The Morgan fingerprint density at radius 2 is 2.00 bits per heavy atom. The van der Waals surface area contributed by atoms with E-state index < -0.39 is 17.9 Å². The second kappa shape index (κ2) is 5.07. The minimum Gasteiger partial charge on any atom is -0.497 e. The fourth-order valence-electron chi connectivity index (χ4n) is 1.26. The zero-order chi connectivity index (χ0) is 13.1. The maximum atomic E-state index is 12.2. The summed E-state index contributed by atoms with van der Waals surface area (Å²) in [6.45, 7) is 1.56. The van der Waals surface area contributed by atoms with Gasteiger partial charge in [-0.1, -0.05) is 6.92 Å². The third-order valence-corrected chi connectivity index (χ3v) is 2.04. The number of halogens is 3. The molecule has 3 nitrogen and oxygen atoms in total. The van der Waals surface area contributed by atoms with Crippen molar-refractivity contribution in [3.05, 3.63) is 23.8 Å². The van der Waals surface area contributed by atoms with E-state index in [1.54, 1.807) is 6.92 Å². The lowest BCUT2D eigenvalue weighted by Gasteiger charge is -2.13. The molecular weight excluding hydrogens is 237 g/mol. The molecule has 0 aromatic heterocycles. The first-order valence-corrected chi connectivity index (χ1v) is 4.84. The number of Topliss-reactive ketones (excluding diaryl/α,β-unsaturated/α-hetero) is 1. The molecule has 0 unspecified atom stereocenters. The van der Waals surface area contributed by atoms with Gasteiger partial charge in [-0.3, -0.25) is 4.79 Å². The zero-order valence-corrected chi connectivity index (χ0v) is 9.30. The lowest BCUT2D eigenvalue weighted by atomic mass is 10.1. The third-order valence-electron chi connectivity index (χ3n) is 2.04. The number of benzene rings is 1. The number of rotatable bonds is 4. The largest absolute Gasteiger partial charge is 0.573 e. The van der Waals surface area contributed by atoms with Crippen LogP contribution in [-0.4, -0.2) is 19.3 Å². The molecule has 1 aromatic carbocycles.